The first-order valence-electron chi connectivity index (χ1n) is 7.73. The second-order valence-corrected chi connectivity index (χ2v) is 6.65. The van der Waals surface area contributed by atoms with E-state index in [1.165, 1.54) is 29.1 Å². The topological polar surface area (TPSA) is 56.0 Å². The third-order valence-electron chi connectivity index (χ3n) is 3.52. The van der Waals surface area contributed by atoms with Gasteiger partial charge in [-0.3, -0.25) is 4.79 Å². The van der Waals surface area contributed by atoms with E-state index in [1.807, 2.05) is 0 Å². The molecule has 122 valence electrons. The lowest BCUT2D eigenvalue weighted by Gasteiger charge is -2.08. The number of carbonyl (C=O) groups is 1. The monoisotopic (exact) mass is 330 g/mol. The molecular formula is C18H22N2O2S. The van der Waals surface area contributed by atoms with Gasteiger partial charge in [0.1, 0.15) is 0 Å². The minimum absolute atomic E-state index is 0.0577. The molecule has 0 bridgehead atoms. The lowest BCUT2D eigenvalue weighted by molar-refractivity contribution is -0.645. The Labute approximate surface area is 141 Å². The molecule has 1 aromatic heterocycles. The third kappa shape index (κ3) is 5.60. The number of thioether (sulfide) groups is 1. The van der Waals surface area contributed by atoms with Crippen molar-refractivity contribution in [3.8, 4) is 0 Å². The molecule has 0 aliphatic carbocycles. The molecule has 1 aromatic carbocycles. The maximum absolute atomic E-state index is 11.8. The summed E-state index contributed by atoms with van der Waals surface area (Å²) in [5.41, 5.74) is 2.53. The molecule has 0 unspecified atom stereocenters. The minimum atomic E-state index is -0.0577. The van der Waals surface area contributed by atoms with E-state index in [9.17, 15) is 10.0 Å². The largest absolute Gasteiger partial charge is 0.618 e. The minimum Gasteiger partial charge on any atom is -0.618 e. The lowest BCUT2D eigenvalue weighted by Crippen LogP contribution is -2.30. The van der Waals surface area contributed by atoms with Gasteiger partial charge in [-0.05, 0) is 41.3 Å². The number of hydrogen-bond acceptors (Lipinski definition) is 3. The van der Waals surface area contributed by atoms with Gasteiger partial charge >= 0.3 is 0 Å². The first-order valence-corrected chi connectivity index (χ1v) is 8.71. The lowest BCUT2D eigenvalue weighted by atomic mass is 10.0. The molecule has 5 heteroatoms. The van der Waals surface area contributed by atoms with Crippen LogP contribution >= 0.6 is 11.8 Å². The summed E-state index contributed by atoms with van der Waals surface area (Å²) in [6.45, 7) is 4.95. The highest BCUT2D eigenvalue weighted by molar-refractivity contribution is 7.99. The van der Waals surface area contributed by atoms with E-state index < -0.39 is 0 Å². The average Bonchev–Trinajstić information content (AvgIpc) is 2.54. The van der Waals surface area contributed by atoms with Gasteiger partial charge in [0.2, 0.25) is 5.91 Å². The highest BCUT2D eigenvalue weighted by Crippen LogP contribution is 2.15. The molecule has 2 rings (SSSR count). The molecule has 2 aromatic rings. The highest BCUT2D eigenvalue weighted by Gasteiger charge is 2.08. The zero-order valence-electron chi connectivity index (χ0n) is 13.5. The number of amides is 1. The fraction of sp³-hybridized carbons (Fsp3) is 0.333. The van der Waals surface area contributed by atoms with Gasteiger partial charge in [0, 0.05) is 18.7 Å². The van der Waals surface area contributed by atoms with Crippen molar-refractivity contribution in [2.45, 2.75) is 31.2 Å². The summed E-state index contributed by atoms with van der Waals surface area (Å²) in [6, 6.07) is 13.7. The normalized spacial score (nSPS) is 10.7. The Bertz CT molecular complexity index is 642. The molecule has 0 spiro atoms. The molecule has 0 atom stereocenters. The van der Waals surface area contributed by atoms with Crippen LogP contribution < -0.4 is 10.0 Å². The Morgan fingerprint density at radius 3 is 2.61 bits per heavy atom. The van der Waals surface area contributed by atoms with Crippen LogP contribution in [-0.2, 0) is 11.2 Å². The van der Waals surface area contributed by atoms with E-state index in [1.54, 1.807) is 18.2 Å². The molecule has 0 radical (unpaired) electrons. The molecule has 1 amide bonds. The van der Waals surface area contributed by atoms with E-state index in [2.05, 4.69) is 43.4 Å². The van der Waals surface area contributed by atoms with Gasteiger partial charge in [0.05, 0.1) is 5.75 Å². The fourth-order valence-electron chi connectivity index (χ4n) is 2.13. The van der Waals surface area contributed by atoms with E-state index in [0.717, 1.165) is 11.2 Å². The van der Waals surface area contributed by atoms with Crippen molar-refractivity contribution in [1.29, 1.82) is 0 Å². The van der Waals surface area contributed by atoms with E-state index >= 15 is 0 Å². The maximum atomic E-state index is 11.8. The summed E-state index contributed by atoms with van der Waals surface area (Å²) in [5, 5.41) is 14.9. The molecule has 1 N–H and O–H groups in total. The third-order valence-corrected chi connectivity index (χ3v) is 4.54. The Morgan fingerprint density at radius 1 is 1.22 bits per heavy atom. The molecule has 0 saturated carbocycles. The van der Waals surface area contributed by atoms with Crippen LogP contribution in [0.5, 0.6) is 0 Å². The number of pyridine rings is 1. The number of hydrogen-bond donors (Lipinski definition) is 1. The van der Waals surface area contributed by atoms with Gasteiger partial charge in [0.15, 0.2) is 6.20 Å². The fourth-order valence-corrected chi connectivity index (χ4v) is 2.87. The van der Waals surface area contributed by atoms with E-state index in [-0.39, 0.29) is 11.7 Å². The van der Waals surface area contributed by atoms with Crippen molar-refractivity contribution < 1.29 is 9.52 Å². The van der Waals surface area contributed by atoms with Crippen LogP contribution in [0.15, 0.2) is 53.7 Å². The molecule has 0 fully saturated rings. The smallest absolute Gasteiger partial charge is 0.251 e. The van der Waals surface area contributed by atoms with Crippen LogP contribution in [0.4, 0.5) is 0 Å². The summed E-state index contributed by atoms with van der Waals surface area (Å²) in [6.07, 6.45) is 2.24. The van der Waals surface area contributed by atoms with Crippen molar-refractivity contribution >= 4 is 17.7 Å². The molecule has 23 heavy (non-hydrogen) atoms. The predicted molar refractivity (Wildman–Crippen MR) is 93.4 cm³/mol. The second-order valence-electron chi connectivity index (χ2n) is 5.65. The molecule has 0 aliphatic heterocycles. The van der Waals surface area contributed by atoms with Gasteiger partial charge in [-0.25, -0.2) is 0 Å². The van der Waals surface area contributed by atoms with Crippen molar-refractivity contribution in [2.75, 3.05) is 12.3 Å². The zero-order valence-corrected chi connectivity index (χ0v) is 14.3. The molecule has 0 saturated heterocycles. The Balaban J connectivity index is 1.71. The van der Waals surface area contributed by atoms with Gasteiger partial charge in [-0.2, -0.15) is 4.73 Å². The first kappa shape index (κ1) is 17.3. The molecule has 1 heterocycles. The number of aromatic nitrogens is 1. The molecular weight excluding hydrogens is 308 g/mol. The zero-order chi connectivity index (χ0) is 16.7. The Kier molecular flexibility index (Phi) is 6.47. The van der Waals surface area contributed by atoms with Crippen LogP contribution in [-0.4, -0.2) is 18.2 Å². The maximum Gasteiger partial charge on any atom is 0.251 e. The summed E-state index contributed by atoms with van der Waals surface area (Å²) in [4.78, 5) is 11.8. The number of nitrogens with one attached hydrogen (secondary N) is 1. The summed E-state index contributed by atoms with van der Waals surface area (Å²) in [7, 11) is 0. The van der Waals surface area contributed by atoms with Gasteiger partial charge in [-0.15, -0.1) is 0 Å². The van der Waals surface area contributed by atoms with Crippen LogP contribution in [0, 0.1) is 5.21 Å². The molecule has 4 nitrogen and oxygen atoms in total. The van der Waals surface area contributed by atoms with Crippen molar-refractivity contribution in [3.63, 3.8) is 0 Å². The average molecular weight is 330 g/mol. The Hall–Kier alpha value is -2.01. The highest BCUT2D eigenvalue weighted by atomic mass is 32.2. The van der Waals surface area contributed by atoms with Gasteiger partial charge in [0.25, 0.3) is 5.03 Å². The van der Waals surface area contributed by atoms with Gasteiger partial charge < -0.3 is 10.5 Å². The number of benzene rings is 1. The van der Waals surface area contributed by atoms with Crippen molar-refractivity contribution in [3.05, 3.63) is 65.0 Å². The summed E-state index contributed by atoms with van der Waals surface area (Å²) >= 11 is 1.24. The number of nitrogens with zero attached hydrogens (tertiary/aromatic N) is 1. The van der Waals surface area contributed by atoms with Gasteiger partial charge in [-0.1, -0.05) is 38.1 Å². The standard InChI is InChI=1S/C18H22N2O2S/c1-14(2)16-8-6-15(7-9-16)10-11-19-17(21)13-23-18-5-3-4-12-20(18)22/h3-9,12,14H,10-11,13H2,1-2H3,(H,19,21). The summed E-state index contributed by atoms with van der Waals surface area (Å²) < 4.78 is 0.772. The van der Waals surface area contributed by atoms with Crippen LogP contribution in [0.25, 0.3) is 0 Å². The summed E-state index contributed by atoms with van der Waals surface area (Å²) in [5.74, 6) is 0.721. The Morgan fingerprint density at radius 2 is 1.96 bits per heavy atom. The SMILES string of the molecule is CC(C)c1ccc(CCNC(=O)CSc2cccc[n+]2[O-])cc1. The van der Waals surface area contributed by atoms with Crippen molar-refractivity contribution in [2.24, 2.45) is 0 Å². The van der Waals surface area contributed by atoms with E-state index in [4.69, 9.17) is 0 Å². The quantitative estimate of drug-likeness (QED) is 0.482. The number of rotatable bonds is 7. The van der Waals surface area contributed by atoms with Crippen LogP contribution in [0.2, 0.25) is 0 Å². The predicted octanol–water partition coefficient (Wildman–Crippen LogP) is 2.89. The molecule has 0 aliphatic rings. The number of carbonyl (C=O) groups excluding carboxylic acids is 1. The first-order chi connectivity index (χ1) is 11.1. The van der Waals surface area contributed by atoms with E-state index in [0.29, 0.717) is 17.5 Å². The van der Waals surface area contributed by atoms with Crippen LogP contribution in [0.3, 0.4) is 0 Å². The van der Waals surface area contributed by atoms with Crippen molar-refractivity contribution in [1.82, 2.24) is 5.32 Å². The second kappa shape index (κ2) is 8.58. The van der Waals surface area contributed by atoms with Crippen LogP contribution in [0.1, 0.15) is 30.9 Å².